The molecule has 6 nitrogen and oxygen atoms in total. The van der Waals surface area contributed by atoms with E-state index in [-0.39, 0.29) is 13.2 Å². The van der Waals surface area contributed by atoms with Gasteiger partial charge in [0.1, 0.15) is 12.3 Å². The van der Waals surface area contributed by atoms with Crippen molar-refractivity contribution in [1.82, 2.24) is 4.57 Å². The summed E-state index contributed by atoms with van der Waals surface area (Å²) in [6, 6.07) is 12.7. The Morgan fingerprint density at radius 3 is 2.70 bits per heavy atom. The molecule has 0 atom stereocenters. The van der Waals surface area contributed by atoms with Crippen molar-refractivity contribution in [1.29, 1.82) is 0 Å². The Labute approximate surface area is 183 Å². The lowest BCUT2D eigenvalue weighted by atomic mass is 10.2. The maximum Gasteiger partial charge on any atom is 0.326 e. The quantitative estimate of drug-likeness (QED) is 0.398. The number of hydrogen-bond acceptors (Lipinski definition) is 5. The van der Waals surface area contributed by atoms with E-state index < -0.39 is 11.9 Å². The van der Waals surface area contributed by atoms with E-state index in [4.69, 9.17) is 21.1 Å². The summed E-state index contributed by atoms with van der Waals surface area (Å²) in [5.41, 5.74) is 1.50. The smallest absolute Gasteiger partial charge is 0.326 e. The third-order valence-corrected chi connectivity index (χ3v) is 5.46. The van der Waals surface area contributed by atoms with Crippen molar-refractivity contribution in [2.75, 3.05) is 13.2 Å². The van der Waals surface area contributed by atoms with E-state index in [2.05, 4.69) is 4.99 Å². The fourth-order valence-electron chi connectivity index (χ4n) is 2.79. The number of halogens is 1. The van der Waals surface area contributed by atoms with Gasteiger partial charge < -0.3 is 14.0 Å². The summed E-state index contributed by atoms with van der Waals surface area (Å²) in [6.45, 7) is 4.44. The highest BCUT2D eigenvalue weighted by atomic mass is 35.5. The van der Waals surface area contributed by atoms with Gasteiger partial charge in [0.2, 0.25) is 0 Å². The van der Waals surface area contributed by atoms with Crippen molar-refractivity contribution < 1.29 is 19.1 Å². The fraction of sp³-hybridized carbons (Fsp3) is 0.227. The number of carbonyl (C=O) groups is 2. The van der Waals surface area contributed by atoms with Crippen LogP contribution in [0.1, 0.15) is 19.4 Å². The van der Waals surface area contributed by atoms with Gasteiger partial charge in [0.05, 0.1) is 23.4 Å². The Hall–Kier alpha value is -2.90. The summed E-state index contributed by atoms with van der Waals surface area (Å²) in [5, 5.41) is 0.546. The maximum atomic E-state index is 12.5. The zero-order valence-electron chi connectivity index (χ0n) is 16.6. The molecule has 1 amide bonds. The Kier molecular flexibility index (Phi) is 7.43. The van der Waals surface area contributed by atoms with E-state index in [1.54, 1.807) is 23.6 Å². The molecule has 30 heavy (non-hydrogen) atoms. The number of nitrogens with zero attached hydrogens (tertiary/aromatic N) is 2. The Balaban J connectivity index is 2.00. The standard InChI is InChI=1S/C22H21ClN2O4S/c1-3-28-16-10-11-18-19(13-16)30-22(25(18)14-21(27)29-4-2)24-20(26)12-9-15-7-5-6-8-17(15)23/h5-13H,3-4,14H2,1-2H3. The topological polar surface area (TPSA) is 69.9 Å². The summed E-state index contributed by atoms with van der Waals surface area (Å²) >= 11 is 7.42. The molecule has 0 N–H and O–H groups in total. The molecule has 0 radical (unpaired) electrons. The van der Waals surface area contributed by atoms with Gasteiger partial charge in [-0.3, -0.25) is 9.59 Å². The zero-order chi connectivity index (χ0) is 21.5. The Bertz CT molecular complexity index is 1160. The molecule has 0 fully saturated rings. The van der Waals surface area contributed by atoms with Crippen LogP contribution in [0.4, 0.5) is 0 Å². The van der Waals surface area contributed by atoms with Gasteiger partial charge in [-0.2, -0.15) is 4.99 Å². The lowest BCUT2D eigenvalue weighted by Gasteiger charge is -2.06. The van der Waals surface area contributed by atoms with Crippen molar-refractivity contribution in [3.8, 4) is 5.75 Å². The average Bonchev–Trinajstić information content (AvgIpc) is 3.04. The number of thiazole rings is 1. The lowest BCUT2D eigenvalue weighted by Crippen LogP contribution is -2.22. The zero-order valence-corrected chi connectivity index (χ0v) is 18.2. The summed E-state index contributed by atoms with van der Waals surface area (Å²) in [6.07, 6.45) is 2.97. The van der Waals surface area contributed by atoms with Crippen molar-refractivity contribution in [2.45, 2.75) is 20.4 Å². The Morgan fingerprint density at radius 2 is 1.97 bits per heavy atom. The number of amides is 1. The first-order chi connectivity index (χ1) is 14.5. The molecular weight excluding hydrogens is 424 g/mol. The van der Waals surface area contributed by atoms with Crippen LogP contribution in [0.15, 0.2) is 53.5 Å². The highest BCUT2D eigenvalue weighted by Gasteiger charge is 2.12. The minimum absolute atomic E-state index is 0.0395. The summed E-state index contributed by atoms with van der Waals surface area (Å²) < 4.78 is 13.1. The predicted molar refractivity (Wildman–Crippen MR) is 119 cm³/mol. The number of esters is 1. The molecule has 0 saturated heterocycles. The third-order valence-electron chi connectivity index (χ3n) is 4.07. The number of hydrogen-bond donors (Lipinski definition) is 0. The summed E-state index contributed by atoms with van der Waals surface area (Å²) in [4.78, 5) is 29.2. The summed E-state index contributed by atoms with van der Waals surface area (Å²) in [7, 11) is 0. The first-order valence-electron chi connectivity index (χ1n) is 9.45. The molecule has 2 aromatic carbocycles. The molecule has 0 spiro atoms. The van der Waals surface area contributed by atoms with E-state index >= 15 is 0 Å². The fourth-order valence-corrected chi connectivity index (χ4v) is 4.05. The molecule has 156 valence electrons. The minimum atomic E-state index is -0.455. The molecule has 0 saturated carbocycles. The number of carbonyl (C=O) groups excluding carboxylic acids is 2. The first kappa shape index (κ1) is 21.8. The number of ether oxygens (including phenoxy) is 2. The van der Waals surface area contributed by atoms with Gasteiger partial charge in [-0.15, -0.1) is 0 Å². The second-order valence-electron chi connectivity index (χ2n) is 6.14. The van der Waals surface area contributed by atoms with Gasteiger partial charge in [0, 0.05) is 11.1 Å². The monoisotopic (exact) mass is 444 g/mol. The van der Waals surface area contributed by atoms with Crippen LogP contribution in [0.25, 0.3) is 16.3 Å². The highest BCUT2D eigenvalue weighted by molar-refractivity contribution is 7.16. The molecule has 8 heteroatoms. The second-order valence-corrected chi connectivity index (χ2v) is 7.56. The van der Waals surface area contributed by atoms with Crippen LogP contribution in [0.3, 0.4) is 0 Å². The van der Waals surface area contributed by atoms with Gasteiger partial charge in [-0.1, -0.05) is 41.1 Å². The van der Waals surface area contributed by atoms with Crippen molar-refractivity contribution in [2.24, 2.45) is 4.99 Å². The SMILES string of the molecule is CCOC(=O)Cn1c(=NC(=O)C=Cc2ccccc2Cl)sc2cc(OCC)ccc21. The molecule has 0 unspecified atom stereocenters. The van der Waals surface area contributed by atoms with E-state index in [0.29, 0.717) is 22.2 Å². The van der Waals surface area contributed by atoms with Crippen LogP contribution in [-0.4, -0.2) is 29.7 Å². The molecule has 0 bridgehead atoms. The molecule has 0 aliphatic carbocycles. The molecule has 0 aliphatic rings. The van der Waals surface area contributed by atoms with Crippen molar-refractivity contribution >= 4 is 51.1 Å². The molecular formula is C22H21ClN2O4S. The van der Waals surface area contributed by atoms with Crippen LogP contribution < -0.4 is 9.54 Å². The summed E-state index contributed by atoms with van der Waals surface area (Å²) in [5.74, 6) is -0.137. The lowest BCUT2D eigenvalue weighted by molar-refractivity contribution is -0.143. The second kappa shape index (κ2) is 10.2. The highest BCUT2D eigenvalue weighted by Crippen LogP contribution is 2.23. The van der Waals surface area contributed by atoms with E-state index in [1.807, 2.05) is 43.3 Å². The number of benzene rings is 2. The minimum Gasteiger partial charge on any atom is -0.494 e. The first-order valence-corrected chi connectivity index (χ1v) is 10.6. The van der Waals surface area contributed by atoms with Gasteiger partial charge in [-0.05, 0) is 49.8 Å². The average molecular weight is 445 g/mol. The van der Waals surface area contributed by atoms with Gasteiger partial charge in [-0.25, -0.2) is 0 Å². The van der Waals surface area contributed by atoms with Crippen molar-refractivity contribution in [3.63, 3.8) is 0 Å². The van der Waals surface area contributed by atoms with Crippen LogP contribution in [0, 0.1) is 0 Å². The Morgan fingerprint density at radius 1 is 1.17 bits per heavy atom. The maximum absolute atomic E-state index is 12.5. The number of fused-ring (bicyclic) bond motifs is 1. The largest absolute Gasteiger partial charge is 0.494 e. The van der Waals surface area contributed by atoms with Gasteiger partial charge >= 0.3 is 5.97 Å². The predicted octanol–water partition coefficient (Wildman–Crippen LogP) is 4.46. The number of rotatable bonds is 7. The van der Waals surface area contributed by atoms with Crippen LogP contribution in [-0.2, 0) is 20.9 Å². The molecule has 1 aromatic heterocycles. The normalized spacial score (nSPS) is 11.9. The van der Waals surface area contributed by atoms with Gasteiger partial charge in [0.15, 0.2) is 4.80 Å². The van der Waals surface area contributed by atoms with Crippen LogP contribution >= 0.6 is 22.9 Å². The van der Waals surface area contributed by atoms with Crippen molar-refractivity contribution in [3.05, 3.63) is 63.9 Å². The third kappa shape index (κ3) is 5.37. The van der Waals surface area contributed by atoms with Gasteiger partial charge in [0.25, 0.3) is 5.91 Å². The molecule has 1 heterocycles. The van der Waals surface area contributed by atoms with Crippen LogP contribution in [0.5, 0.6) is 5.75 Å². The molecule has 3 aromatic rings. The molecule has 0 aliphatic heterocycles. The molecule has 3 rings (SSSR count). The van der Waals surface area contributed by atoms with E-state index in [9.17, 15) is 9.59 Å². The van der Waals surface area contributed by atoms with E-state index in [1.165, 1.54) is 17.4 Å². The van der Waals surface area contributed by atoms with E-state index in [0.717, 1.165) is 15.8 Å². The number of aromatic nitrogens is 1. The van der Waals surface area contributed by atoms with Crippen LogP contribution in [0.2, 0.25) is 5.02 Å².